The highest BCUT2D eigenvalue weighted by molar-refractivity contribution is 5.78. The topological polar surface area (TPSA) is 56.0 Å². The highest BCUT2D eigenvalue weighted by Crippen LogP contribution is 2.09. The highest BCUT2D eigenvalue weighted by atomic mass is 16.1. The van der Waals surface area contributed by atoms with E-state index in [1.54, 1.807) is 13.0 Å². The van der Waals surface area contributed by atoms with Gasteiger partial charge in [0.15, 0.2) is 6.29 Å². The zero-order valence-corrected chi connectivity index (χ0v) is 5.66. The number of hydrogen-bond donors (Lipinski definition) is 1. The Morgan fingerprint density at radius 3 is 2.90 bits per heavy atom. The molecule has 3 nitrogen and oxygen atoms in total. The fourth-order valence-electron chi connectivity index (χ4n) is 0.695. The third-order valence-corrected chi connectivity index (χ3v) is 1.41. The molecule has 52 valence electrons. The van der Waals surface area contributed by atoms with E-state index in [1.807, 2.05) is 0 Å². The van der Waals surface area contributed by atoms with Crippen molar-refractivity contribution in [3.8, 4) is 0 Å². The van der Waals surface area contributed by atoms with E-state index in [1.165, 1.54) is 6.20 Å². The Hall–Kier alpha value is -1.38. The fourth-order valence-corrected chi connectivity index (χ4v) is 0.695. The maximum absolute atomic E-state index is 10.3. The standard InChI is InChI=1S/C7H8N2O/c1-5-6(4-10)2-3-9-7(5)8/h2-4H,1H3,(H2,8,9). The van der Waals surface area contributed by atoms with Crippen molar-refractivity contribution in [3.63, 3.8) is 0 Å². The molecule has 3 heteroatoms. The van der Waals surface area contributed by atoms with Crippen molar-refractivity contribution in [2.75, 3.05) is 5.73 Å². The lowest BCUT2D eigenvalue weighted by atomic mass is 10.2. The number of rotatable bonds is 1. The smallest absolute Gasteiger partial charge is 0.150 e. The van der Waals surface area contributed by atoms with Crippen molar-refractivity contribution in [1.29, 1.82) is 0 Å². The van der Waals surface area contributed by atoms with Gasteiger partial charge < -0.3 is 5.73 Å². The molecule has 0 atom stereocenters. The molecule has 0 bridgehead atoms. The van der Waals surface area contributed by atoms with Crippen LogP contribution in [0.1, 0.15) is 15.9 Å². The summed E-state index contributed by atoms with van der Waals surface area (Å²) in [5.74, 6) is 0.421. The van der Waals surface area contributed by atoms with Gasteiger partial charge in [-0.1, -0.05) is 0 Å². The molecule has 0 aromatic carbocycles. The van der Waals surface area contributed by atoms with Gasteiger partial charge >= 0.3 is 0 Å². The third kappa shape index (κ3) is 0.978. The van der Waals surface area contributed by atoms with Crippen LogP contribution in [0.25, 0.3) is 0 Å². The molecule has 10 heavy (non-hydrogen) atoms. The second-order valence-corrected chi connectivity index (χ2v) is 2.03. The summed E-state index contributed by atoms with van der Waals surface area (Å²) >= 11 is 0. The lowest BCUT2D eigenvalue weighted by Gasteiger charge is -1.98. The predicted molar refractivity (Wildman–Crippen MR) is 38.8 cm³/mol. The number of nitrogens with two attached hydrogens (primary N) is 1. The highest BCUT2D eigenvalue weighted by Gasteiger charge is 1.98. The molecular formula is C7H8N2O. The van der Waals surface area contributed by atoms with Gasteiger partial charge in [-0.05, 0) is 13.0 Å². The molecule has 1 heterocycles. The normalized spacial score (nSPS) is 9.30. The van der Waals surface area contributed by atoms with Gasteiger partial charge in [0, 0.05) is 17.3 Å². The van der Waals surface area contributed by atoms with Crippen molar-refractivity contribution in [1.82, 2.24) is 4.98 Å². The Labute approximate surface area is 58.9 Å². The molecule has 1 aromatic rings. The molecule has 0 amide bonds. The van der Waals surface area contributed by atoms with E-state index in [4.69, 9.17) is 5.73 Å². The average molecular weight is 136 g/mol. The Balaban J connectivity index is 3.27. The van der Waals surface area contributed by atoms with Crippen LogP contribution in [0.15, 0.2) is 12.3 Å². The van der Waals surface area contributed by atoms with Gasteiger partial charge in [-0.3, -0.25) is 4.79 Å². The van der Waals surface area contributed by atoms with Crippen LogP contribution < -0.4 is 5.73 Å². The number of nitrogens with zero attached hydrogens (tertiary/aromatic N) is 1. The monoisotopic (exact) mass is 136 g/mol. The van der Waals surface area contributed by atoms with E-state index >= 15 is 0 Å². The molecule has 0 radical (unpaired) electrons. The molecule has 0 saturated heterocycles. The summed E-state index contributed by atoms with van der Waals surface area (Å²) in [5.41, 5.74) is 6.78. The summed E-state index contributed by atoms with van der Waals surface area (Å²) in [6.07, 6.45) is 2.29. The van der Waals surface area contributed by atoms with Gasteiger partial charge in [-0.2, -0.15) is 0 Å². The second kappa shape index (κ2) is 2.47. The minimum Gasteiger partial charge on any atom is -0.383 e. The lowest BCUT2D eigenvalue weighted by molar-refractivity contribution is 0.112. The van der Waals surface area contributed by atoms with Crippen LogP contribution in [0.5, 0.6) is 0 Å². The van der Waals surface area contributed by atoms with Crippen molar-refractivity contribution < 1.29 is 4.79 Å². The summed E-state index contributed by atoms with van der Waals surface area (Å²) in [6.45, 7) is 1.77. The molecule has 2 N–H and O–H groups in total. The maximum Gasteiger partial charge on any atom is 0.150 e. The quantitative estimate of drug-likeness (QED) is 0.580. The minimum atomic E-state index is 0.421. The predicted octanol–water partition coefficient (Wildman–Crippen LogP) is 0.785. The Bertz CT molecular complexity index is 258. The summed E-state index contributed by atoms with van der Waals surface area (Å²) in [6, 6.07) is 1.64. The summed E-state index contributed by atoms with van der Waals surface area (Å²) in [7, 11) is 0. The van der Waals surface area contributed by atoms with Crippen molar-refractivity contribution in [2.24, 2.45) is 0 Å². The molecule has 0 aliphatic rings. The zero-order valence-electron chi connectivity index (χ0n) is 5.66. The number of carbonyl (C=O) groups is 1. The SMILES string of the molecule is Cc1c(C=O)ccnc1N. The van der Waals surface area contributed by atoms with Gasteiger partial charge in [0.05, 0.1) is 0 Å². The Kier molecular flexibility index (Phi) is 1.67. The maximum atomic E-state index is 10.3. The average Bonchev–Trinajstić information content (AvgIpc) is 1.95. The van der Waals surface area contributed by atoms with Crippen molar-refractivity contribution >= 4 is 12.1 Å². The molecule has 0 aliphatic heterocycles. The van der Waals surface area contributed by atoms with E-state index in [2.05, 4.69) is 4.98 Å². The number of aldehydes is 1. The van der Waals surface area contributed by atoms with Crippen LogP contribution in [-0.2, 0) is 0 Å². The van der Waals surface area contributed by atoms with Crippen LogP contribution in [0.3, 0.4) is 0 Å². The molecule has 0 fully saturated rings. The van der Waals surface area contributed by atoms with E-state index < -0.39 is 0 Å². The number of hydrogen-bond acceptors (Lipinski definition) is 3. The first-order valence-electron chi connectivity index (χ1n) is 2.92. The Morgan fingerprint density at radius 1 is 1.70 bits per heavy atom. The lowest BCUT2D eigenvalue weighted by Crippen LogP contribution is -1.96. The molecule has 0 aliphatic carbocycles. The minimum absolute atomic E-state index is 0.421. The number of nitrogen functional groups attached to an aromatic ring is 1. The third-order valence-electron chi connectivity index (χ3n) is 1.41. The molecule has 0 spiro atoms. The molecular weight excluding hydrogens is 128 g/mol. The summed E-state index contributed by atoms with van der Waals surface area (Å²) < 4.78 is 0. The summed E-state index contributed by atoms with van der Waals surface area (Å²) in [5, 5.41) is 0. The largest absolute Gasteiger partial charge is 0.383 e. The van der Waals surface area contributed by atoms with E-state index in [9.17, 15) is 4.79 Å². The van der Waals surface area contributed by atoms with E-state index in [0.29, 0.717) is 11.4 Å². The number of aromatic nitrogens is 1. The molecule has 0 saturated carbocycles. The molecule has 0 unspecified atom stereocenters. The van der Waals surface area contributed by atoms with Gasteiger partial charge in [-0.15, -0.1) is 0 Å². The van der Waals surface area contributed by atoms with Crippen LogP contribution in [-0.4, -0.2) is 11.3 Å². The van der Waals surface area contributed by atoms with Crippen LogP contribution in [0, 0.1) is 6.92 Å². The first-order valence-corrected chi connectivity index (χ1v) is 2.92. The van der Waals surface area contributed by atoms with E-state index in [-0.39, 0.29) is 0 Å². The number of carbonyl (C=O) groups excluding carboxylic acids is 1. The fraction of sp³-hybridized carbons (Fsp3) is 0.143. The molecule has 1 aromatic heterocycles. The number of pyridine rings is 1. The van der Waals surface area contributed by atoms with E-state index in [0.717, 1.165) is 11.8 Å². The van der Waals surface area contributed by atoms with Crippen LogP contribution >= 0.6 is 0 Å². The Morgan fingerprint density at radius 2 is 2.40 bits per heavy atom. The summed E-state index contributed by atoms with van der Waals surface area (Å²) in [4.78, 5) is 14.1. The first kappa shape index (κ1) is 6.74. The first-order chi connectivity index (χ1) is 4.75. The van der Waals surface area contributed by atoms with Crippen molar-refractivity contribution in [3.05, 3.63) is 23.4 Å². The van der Waals surface area contributed by atoms with Crippen LogP contribution in [0.4, 0.5) is 5.82 Å². The molecule has 1 rings (SSSR count). The zero-order chi connectivity index (χ0) is 7.56. The van der Waals surface area contributed by atoms with Gasteiger partial charge in [0.2, 0.25) is 0 Å². The van der Waals surface area contributed by atoms with Gasteiger partial charge in [0.25, 0.3) is 0 Å². The second-order valence-electron chi connectivity index (χ2n) is 2.03. The van der Waals surface area contributed by atoms with Gasteiger partial charge in [-0.25, -0.2) is 4.98 Å². The van der Waals surface area contributed by atoms with Crippen LogP contribution in [0.2, 0.25) is 0 Å². The van der Waals surface area contributed by atoms with Gasteiger partial charge in [0.1, 0.15) is 5.82 Å². The number of anilines is 1. The van der Waals surface area contributed by atoms with Crippen molar-refractivity contribution in [2.45, 2.75) is 6.92 Å².